The van der Waals surface area contributed by atoms with Crippen LogP contribution in [0.4, 0.5) is 0 Å². The van der Waals surface area contributed by atoms with E-state index in [4.69, 9.17) is 9.47 Å². The first-order valence-corrected chi connectivity index (χ1v) is 10.4. The molecule has 1 saturated carbocycles. The Morgan fingerprint density at radius 1 is 1.08 bits per heavy atom. The van der Waals surface area contributed by atoms with Crippen LogP contribution in [0.5, 0.6) is 0 Å². The van der Waals surface area contributed by atoms with Crippen molar-refractivity contribution in [1.29, 1.82) is 0 Å². The number of hydrogen-bond donors (Lipinski definition) is 1. The zero-order valence-corrected chi connectivity index (χ0v) is 15.2. The largest absolute Gasteiger partial charge is 0.381 e. The summed E-state index contributed by atoms with van der Waals surface area (Å²) in [6, 6.07) is 8.22. The van der Waals surface area contributed by atoms with Crippen molar-refractivity contribution in [3.63, 3.8) is 0 Å². The van der Waals surface area contributed by atoms with Crippen molar-refractivity contribution in [2.24, 2.45) is 0 Å². The van der Waals surface area contributed by atoms with E-state index in [1.165, 1.54) is 6.07 Å². The number of sulfone groups is 1. The highest BCUT2D eigenvalue weighted by atomic mass is 32.2. The van der Waals surface area contributed by atoms with Crippen LogP contribution in [-0.2, 0) is 19.3 Å². The number of aromatic nitrogens is 2. The molecule has 2 heterocycles. The Bertz CT molecular complexity index is 906. The topological polar surface area (TPSA) is 90.4 Å². The molecule has 1 N–H and O–H groups in total. The van der Waals surface area contributed by atoms with E-state index in [1.807, 2.05) is 0 Å². The lowest BCUT2D eigenvalue weighted by molar-refractivity contribution is -0.0836. The molecule has 0 amide bonds. The summed E-state index contributed by atoms with van der Waals surface area (Å²) in [4.78, 5) is 11.9. The first-order chi connectivity index (χ1) is 12.5. The maximum Gasteiger partial charge on any atom is 0.264 e. The smallest absolute Gasteiger partial charge is 0.264 e. The van der Waals surface area contributed by atoms with E-state index in [0.717, 1.165) is 31.2 Å². The minimum absolute atomic E-state index is 0.0227. The molecule has 1 aliphatic heterocycles. The average Bonchev–Trinajstić information content (AvgIpc) is 3.43. The molecule has 26 heavy (non-hydrogen) atoms. The van der Waals surface area contributed by atoms with E-state index in [1.54, 1.807) is 35.1 Å². The second kappa shape index (κ2) is 7.02. The standard InChI is InChI=1S/C18H22N2O5S/c21-17-7-10-20(19-17)18(25-14-8-11-24-12-9-14)13-1-3-15(4-2-13)26(22,23)16-5-6-16/h1-4,7,10,14,16,18H,5-6,8-9,11-12H2,(H,19,21). The van der Waals surface area contributed by atoms with Crippen LogP contribution >= 0.6 is 0 Å². The maximum atomic E-state index is 12.4. The van der Waals surface area contributed by atoms with E-state index in [2.05, 4.69) is 5.10 Å². The highest BCUT2D eigenvalue weighted by molar-refractivity contribution is 7.92. The summed E-state index contributed by atoms with van der Waals surface area (Å²) in [6.07, 6.45) is 4.20. The van der Waals surface area contributed by atoms with Crippen LogP contribution in [0.3, 0.4) is 0 Å². The third-order valence-corrected chi connectivity index (χ3v) is 7.10. The summed E-state index contributed by atoms with van der Waals surface area (Å²) in [5.74, 6) is 0. The van der Waals surface area contributed by atoms with Gasteiger partial charge in [0.15, 0.2) is 16.1 Å². The van der Waals surface area contributed by atoms with Crippen LogP contribution in [0.1, 0.15) is 37.5 Å². The van der Waals surface area contributed by atoms with Gasteiger partial charge in [-0.1, -0.05) is 12.1 Å². The van der Waals surface area contributed by atoms with Crippen LogP contribution in [0.25, 0.3) is 0 Å². The molecule has 1 atom stereocenters. The van der Waals surface area contributed by atoms with Gasteiger partial charge < -0.3 is 9.47 Å². The van der Waals surface area contributed by atoms with E-state index >= 15 is 0 Å². The second-order valence-electron chi connectivity index (χ2n) is 6.81. The number of aromatic amines is 1. The van der Waals surface area contributed by atoms with E-state index in [9.17, 15) is 13.2 Å². The molecule has 0 bridgehead atoms. The predicted molar refractivity (Wildman–Crippen MR) is 94.8 cm³/mol. The summed E-state index contributed by atoms with van der Waals surface area (Å²) in [5, 5.41) is 2.49. The van der Waals surface area contributed by atoms with E-state index in [-0.39, 0.29) is 16.9 Å². The Labute approximate surface area is 151 Å². The van der Waals surface area contributed by atoms with Gasteiger partial charge in [0.25, 0.3) is 5.56 Å². The fourth-order valence-electron chi connectivity index (χ4n) is 3.18. The van der Waals surface area contributed by atoms with Gasteiger partial charge in [0.1, 0.15) is 0 Å². The van der Waals surface area contributed by atoms with Gasteiger partial charge in [0.05, 0.1) is 16.2 Å². The number of nitrogens with zero attached hydrogens (tertiary/aromatic N) is 1. The molecular formula is C18H22N2O5S. The average molecular weight is 378 g/mol. The molecule has 1 unspecified atom stereocenters. The molecule has 4 rings (SSSR count). The van der Waals surface area contributed by atoms with Gasteiger partial charge in [-0.2, -0.15) is 0 Å². The molecule has 1 aromatic heterocycles. The molecule has 7 nitrogen and oxygen atoms in total. The second-order valence-corrected chi connectivity index (χ2v) is 9.04. The molecule has 2 aromatic rings. The molecule has 1 saturated heterocycles. The number of hydrogen-bond acceptors (Lipinski definition) is 5. The third kappa shape index (κ3) is 3.62. The molecule has 0 radical (unpaired) electrons. The molecule has 1 aliphatic carbocycles. The third-order valence-electron chi connectivity index (χ3n) is 4.83. The summed E-state index contributed by atoms with van der Waals surface area (Å²) >= 11 is 0. The number of nitrogens with one attached hydrogen (secondary N) is 1. The van der Waals surface area contributed by atoms with E-state index in [0.29, 0.717) is 18.1 Å². The molecule has 0 spiro atoms. The van der Waals surface area contributed by atoms with Crippen LogP contribution in [0, 0.1) is 0 Å². The van der Waals surface area contributed by atoms with Crippen LogP contribution in [0.2, 0.25) is 0 Å². The Hall–Kier alpha value is -1.90. The SMILES string of the molecule is O=c1ccn(C(OC2CCOCC2)c2ccc(S(=O)(=O)C3CC3)cc2)[nH]1. The zero-order chi connectivity index (χ0) is 18.1. The summed E-state index contributed by atoms with van der Waals surface area (Å²) in [7, 11) is -3.22. The Balaban J connectivity index is 1.61. The monoisotopic (exact) mass is 378 g/mol. The van der Waals surface area contributed by atoms with Crippen molar-refractivity contribution in [1.82, 2.24) is 9.78 Å². The molecule has 8 heteroatoms. The maximum absolute atomic E-state index is 12.4. The van der Waals surface area contributed by atoms with Crippen LogP contribution in [-0.4, -0.2) is 42.8 Å². The lowest BCUT2D eigenvalue weighted by Gasteiger charge is -2.28. The van der Waals surface area contributed by atoms with Gasteiger partial charge in [0.2, 0.25) is 0 Å². The molecule has 2 aliphatic rings. The lowest BCUT2D eigenvalue weighted by atomic mass is 10.1. The molecule has 1 aromatic carbocycles. The van der Waals surface area contributed by atoms with Crippen LogP contribution in [0.15, 0.2) is 46.2 Å². The fourth-order valence-corrected chi connectivity index (χ4v) is 4.84. The van der Waals surface area contributed by atoms with Gasteiger partial charge >= 0.3 is 0 Å². The number of benzene rings is 1. The van der Waals surface area contributed by atoms with Gasteiger partial charge in [-0.15, -0.1) is 0 Å². The molecule has 140 valence electrons. The van der Waals surface area contributed by atoms with Gasteiger partial charge in [-0.25, -0.2) is 8.42 Å². The number of ether oxygens (including phenoxy) is 2. The quantitative estimate of drug-likeness (QED) is 0.828. The van der Waals surface area contributed by atoms with Crippen molar-refractivity contribution in [3.8, 4) is 0 Å². The first kappa shape index (κ1) is 17.5. The van der Waals surface area contributed by atoms with Crippen molar-refractivity contribution >= 4 is 9.84 Å². The normalized spacial score (nSPS) is 20.2. The molecule has 2 fully saturated rings. The lowest BCUT2D eigenvalue weighted by Crippen LogP contribution is -2.28. The minimum atomic E-state index is -3.22. The minimum Gasteiger partial charge on any atom is -0.381 e. The highest BCUT2D eigenvalue weighted by Gasteiger charge is 2.36. The van der Waals surface area contributed by atoms with Crippen molar-refractivity contribution in [2.45, 2.75) is 48.2 Å². The summed E-state index contributed by atoms with van der Waals surface area (Å²) < 4.78 is 37.9. The van der Waals surface area contributed by atoms with Gasteiger partial charge in [0, 0.05) is 31.0 Å². The van der Waals surface area contributed by atoms with Gasteiger partial charge in [-0.05, 0) is 37.8 Å². The van der Waals surface area contributed by atoms with Crippen molar-refractivity contribution < 1.29 is 17.9 Å². The Morgan fingerprint density at radius 3 is 2.35 bits per heavy atom. The van der Waals surface area contributed by atoms with E-state index < -0.39 is 16.1 Å². The molecular weight excluding hydrogens is 356 g/mol. The summed E-state index contributed by atoms with van der Waals surface area (Å²) in [5.41, 5.74) is 0.580. The van der Waals surface area contributed by atoms with Gasteiger partial charge in [-0.3, -0.25) is 14.6 Å². The predicted octanol–water partition coefficient (Wildman–Crippen LogP) is 1.86. The Morgan fingerprint density at radius 2 is 1.77 bits per heavy atom. The van der Waals surface area contributed by atoms with Crippen LogP contribution < -0.4 is 5.56 Å². The first-order valence-electron chi connectivity index (χ1n) is 8.88. The highest BCUT2D eigenvalue weighted by Crippen LogP contribution is 2.34. The number of rotatable bonds is 6. The number of H-pyrrole nitrogens is 1. The Kier molecular flexibility index (Phi) is 4.73. The zero-order valence-electron chi connectivity index (χ0n) is 14.3. The summed E-state index contributed by atoms with van der Waals surface area (Å²) in [6.45, 7) is 1.30. The van der Waals surface area contributed by atoms with Crippen molar-refractivity contribution in [3.05, 3.63) is 52.4 Å². The fraction of sp³-hybridized carbons (Fsp3) is 0.500. The van der Waals surface area contributed by atoms with Crippen molar-refractivity contribution in [2.75, 3.05) is 13.2 Å².